The summed E-state index contributed by atoms with van der Waals surface area (Å²) < 4.78 is 2.28. The van der Waals surface area contributed by atoms with Gasteiger partial charge in [0.05, 0.1) is 11.0 Å². The van der Waals surface area contributed by atoms with Crippen LogP contribution in [0.25, 0.3) is 21.9 Å². The number of rotatable bonds is 10. The van der Waals surface area contributed by atoms with E-state index < -0.39 is 5.91 Å². The second kappa shape index (κ2) is 11.4. The zero-order chi connectivity index (χ0) is 24.8. The summed E-state index contributed by atoms with van der Waals surface area (Å²) in [5.74, 6) is 0.542. The van der Waals surface area contributed by atoms with E-state index >= 15 is 0 Å². The van der Waals surface area contributed by atoms with Gasteiger partial charge in [-0.25, -0.2) is 9.97 Å². The molecule has 0 radical (unpaired) electrons. The highest BCUT2D eigenvalue weighted by Gasteiger charge is 2.30. The molecule has 35 heavy (non-hydrogen) atoms. The molecule has 2 heterocycles. The van der Waals surface area contributed by atoms with E-state index in [1.807, 2.05) is 18.2 Å². The molecular weight excluding hydrogens is 444 g/mol. The number of hydrogen-bond acceptors (Lipinski definition) is 6. The lowest BCUT2D eigenvalue weighted by Gasteiger charge is -2.25. The van der Waals surface area contributed by atoms with Crippen molar-refractivity contribution in [2.75, 3.05) is 12.3 Å². The molecule has 1 aromatic carbocycles. The second-order valence-electron chi connectivity index (χ2n) is 9.47. The van der Waals surface area contributed by atoms with Crippen LogP contribution in [0.15, 0.2) is 29.4 Å². The zero-order valence-electron chi connectivity index (χ0n) is 20.3. The van der Waals surface area contributed by atoms with E-state index in [-0.39, 0.29) is 17.7 Å². The summed E-state index contributed by atoms with van der Waals surface area (Å²) in [6.07, 6.45) is 7.15. The quantitative estimate of drug-likeness (QED) is 0.325. The first kappa shape index (κ1) is 24.8. The van der Waals surface area contributed by atoms with Crippen molar-refractivity contribution in [3.05, 3.63) is 35.0 Å². The molecule has 1 saturated carbocycles. The third kappa shape index (κ3) is 5.49. The number of nitrogens with zero attached hydrogens (tertiary/aromatic N) is 4. The maximum absolute atomic E-state index is 12.5. The molecule has 9 nitrogen and oxygen atoms in total. The van der Waals surface area contributed by atoms with Gasteiger partial charge in [-0.3, -0.25) is 9.59 Å². The van der Waals surface area contributed by atoms with E-state index in [2.05, 4.69) is 33.0 Å². The van der Waals surface area contributed by atoms with Crippen LogP contribution in [-0.2, 0) is 22.6 Å². The molecule has 1 fully saturated rings. The molecule has 4 rings (SSSR count). The van der Waals surface area contributed by atoms with Crippen LogP contribution in [0.3, 0.4) is 0 Å². The van der Waals surface area contributed by atoms with Gasteiger partial charge in [0.1, 0.15) is 11.3 Å². The number of fused-ring (bicyclic) bond motifs is 3. The number of aryl methyl sites for hydroxylation is 2. The number of pyridine rings is 1. The number of anilines is 1. The van der Waals surface area contributed by atoms with Gasteiger partial charge in [0, 0.05) is 41.9 Å². The number of amides is 2. The number of nitrogen functional groups attached to an aromatic ring is 1. The molecule has 3 N–H and O–H groups in total. The maximum atomic E-state index is 12.5. The maximum Gasteiger partial charge on any atom is 0.289 e. The highest BCUT2D eigenvalue weighted by atomic mass is 16.3. The van der Waals surface area contributed by atoms with Crippen LogP contribution in [0.2, 0.25) is 0 Å². The van der Waals surface area contributed by atoms with Crippen molar-refractivity contribution in [2.24, 2.45) is 17.0 Å². The number of carbonyl (C=O) groups is 2. The first-order valence-electron chi connectivity index (χ1n) is 12.7. The van der Waals surface area contributed by atoms with E-state index in [1.165, 1.54) is 0 Å². The normalized spacial score (nSPS) is 18.1. The van der Waals surface area contributed by atoms with Crippen LogP contribution in [-0.4, -0.2) is 32.9 Å². The summed E-state index contributed by atoms with van der Waals surface area (Å²) >= 11 is 0. The smallest absolute Gasteiger partial charge is 0.289 e. The van der Waals surface area contributed by atoms with Gasteiger partial charge in [-0.2, -0.15) is 0 Å². The molecule has 1 aliphatic rings. The lowest BCUT2D eigenvalue weighted by molar-refractivity contribution is -0.129. The van der Waals surface area contributed by atoms with Crippen molar-refractivity contribution in [1.82, 2.24) is 19.9 Å². The van der Waals surface area contributed by atoms with Crippen LogP contribution in [0, 0.1) is 16.7 Å². The van der Waals surface area contributed by atoms with Crippen LogP contribution in [0.5, 0.6) is 0 Å². The predicted octanol–water partition coefficient (Wildman–Crippen LogP) is 4.51. The number of carbonyl (C=O) groups excluding carboxylic acids is 2. The average Bonchev–Trinajstić information content (AvgIpc) is 3.26. The molecular formula is C26H34N6O3. The summed E-state index contributed by atoms with van der Waals surface area (Å²) in [7, 11) is 0. The number of para-hydroxylation sites is 1. The molecule has 0 saturated heterocycles. The Bertz CT molecular complexity index is 1210. The Morgan fingerprint density at radius 2 is 1.83 bits per heavy atom. The van der Waals surface area contributed by atoms with Crippen molar-refractivity contribution in [1.29, 1.82) is 0 Å². The number of benzene rings is 1. The minimum absolute atomic E-state index is 0.0384. The highest BCUT2D eigenvalue weighted by molar-refractivity contribution is 6.06. The number of unbranched alkanes of at least 4 members (excludes halogenated alkanes) is 2. The molecule has 2 aromatic heterocycles. The van der Waals surface area contributed by atoms with Gasteiger partial charge in [0.2, 0.25) is 5.91 Å². The second-order valence-corrected chi connectivity index (χ2v) is 9.47. The molecule has 3 aromatic rings. The number of aromatic nitrogens is 3. The van der Waals surface area contributed by atoms with Gasteiger partial charge < -0.3 is 15.6 Å². The Hall–Kier alpha value is -3.36. The minimum Gasteiger partial charge on any atom is -0.382 e. The fraction of sp³-hybridized carbons (Fsp3) is 0.538. The van der Waals surface area contributed by atoms with Crippen molar-refractivity contribution in [2.45, 2.75) is 71.3 Å². The molecule has 0 spiro atoms. The standard InChI is InChI=1S/C26H34N6O3/c1-2-3-10-21-30-22-23(19-8-4-5-9-20(19)29-24(22)27)32(21)16-7-6-15-28-25(33)17-11-13-18(14-12-17)26(34)31-35/h4-5,8-9,17-18H,2-3,6-7,10-16H2,1H3,(H2,27,29)(H,28,33). The van der Waals surface area contributed by atoms with Gasteiger partial charge in [-0.15, -0.1) is 4.91 Å². The lowest BCUT2D eigenvalue weighted by Crippen LogP contribution is -2.34. The van der Waals surface area contributed by atoms with E-state index in [0.717, 1.165) is 66.4 Å². The number of imidazole rings is 1. The van der Waals surface area contributed by atoms with Crippen LogP contribution in [0.1, 0.15) is 64.1 Å². The largest absolute Gasteiger partial charge is 0.382 e. The highest BCUT2D eigenvalue weighted by Crippen LogP contribution is 2.31. The van der Waals surface area contributed by atoms with E-state index in [4.69, 9.17) is 10.7 Å². The summed E-state index contributed by atoms with van der Waals surface area (Å²) in [6, 6.07) is 8.02. The van der Waals surface area contributed by atoms with Crippen molar-refractivity contribution < 1.29 is 9.59 Å². The fourth-order valence-electron chi connectivity index (χ4n) is 5.10. The molecule has 0 atom stereocenters. The number of nitroso groups, excluding NO2 is 1. The molecule has 2 amide bonds. The first-order chi connectivity index (χ1) is 17.0. The van der Waals surface area contributed by atoms with E-state index in [0.29, 0.717) is 38.0 Å². The summed E-state index contributed by atoms with van der Waals surface area (Å²) in [6.45, 7) is 3.57. The summed E-state index contributed by atoms with van der Waals surface area (Å²) in [5, 5.41) is 6.64. The molecule has 186 valence electrons. The third-order valence-electron chi connectivity index (χ3n) is 7.09. The Balaban J connectivity index is 1.37. The predicted molar refractivity (Wildman–Crippen MR) is 137 cm³/mol. The van der Waals surface area contributed by atoms with Crippen molar-refractivity contribution >= 4 is 39.6 Å². The topological polar surface area (TPSA) is 132 Å². The Morgan fingerprint density at radius 3 is 2.57 bits per heavy atom. The molecule has 0 bridgehead atoms. The van der Waals surface area contributed by atoms with Gasteiger partial charge in [0.25, 0.3) is 5.91 Å². The van der Waals surface area contributed by atoms with Gasteiger partial charge >= 0.3 is 0 Å². The Morgan fingerprint density at radius 1 is 1.09 bits per heavy atom. The van der Waals surface area contributed by atoms with Crippen LogP contribution < -0.4 is 11.1 Å². The monoisotopic (exact) mass is 478 g/mol. The molecule has 0 aliphatic heterocycles. The number of nitrogens with two attached hydrogens (primary N) is 1. The van der Waals surface area contributed by atoms with Gasteiger partial charge in [-0.1, -0.05) is 31.5 Å². The summed E-state index contributed by atoms with van der Waals surface area (Å²) in [4.78, 5) is 43.8. The summed E-state index contributed by atoms with van der Waals surface area (Å²) in [5.41, 5.74) is 8.95. The molecule has 0 unspecified atom stereocenters. The Labute approximate surface area is 204 Å². The SMILES string of the molecule is CCCCc1nc2c(N)nc3ccccc3c2n1CCCCNC(=O)C1CCC(C(=O)N=O)CC1. The van der Waals surface area contributed by atoms with Crippen LogP contribution in [0.4, 0.5) is 5.82 Å². The number of nitrogens with one attached hydrogen (secondary N) is 1. The first-order valence-corrected chi connectivity index (χ1v) is 12.7. The average molecular weight is 479 g/mol. The third-order valence-corrected chi connectivity index (χ3v) is 7.09. The molecule has 1 aliphatic carbocycles. The lowest BCUT2D eigenvalue weighted by atomic mass is 9.81. The van der Waals surface area contributed by atoms with Gasteiger partial charge in [0.15, 0.2) is 5.82 Å². The zero-order valence-corrected chi connectivity index (χ0v) is 20.3. The van der Waals surface area contributed by atoms with Gasteiger partial charge in [-0.05, 0) is 51.0 Å². The fourth-order valence-corrected chi connectivity index (χ4v) is 5.10. The van der Waals surface area contributed by atoms with Crippen molar-refractivity contribution in [3.63, 3.8) is 0 Å². The van der Waals surface area contributed by atoms with E-state index in [9.17, 15) is 14.5 Å². The van der Waals surface area contributed by atoms with Crippen molar-refractivity contribution in [3.8, 4) is 0 Å². The Kier molecular flexibility index (Phi) is 8.05. The minimum atomic E-state index is -0.584. The number of hydrogen-bond donors (Lipinski definition) is 2. The molecule has 9 heteroatoms. The van der Waals surface area contributed by atoms with E-state index in [1.54, 1.807) is 0 Å². The van der Waals surface area contributed by atoms with Crippen LogP contribution >= 0.6 is 0 Å².